The van der Waals surface area contributed by atoms with E-state index in [1.54, 1.807) is 20.4 Å². The van der Waals surface area contributed by atoms with Gasteiger partial charge in [0, 0.05) is 12.3 Å². The van der Waals surface area contributed by atoms with Crippen LogP contribution in [0.3, 0.4) is 0 Å². The van der Waals surface area contributed by atoms with E-state index in [4.69, 9.17) is 15.3 Å². The molecule has 0 fully saturated rings. The predicted octanol–water partition coefficient (Wildman–Crippen LogP) is 1.85. The van der Waals surface area contributed by atoms with Gasteiger partial charge in [0.25, 0.3) is 0 Å². The molecule has 1 aromatic carbocycles. The molecule has 0 aliphatic heterocycles. The van der Waals surface area contributed by atoms with Crippen LogP contribution in [0.25, 0.3) is 0 Å². The molecule has 1 aromatic heterocycles. The second-order valence-corrected chi connectivity index (χ2v) is 4.41. The lowest BCUT2D eigenvalue weighted by Crippen LogP contribution is -2.29. The fourth-order valence-corrected chi connectivity index (χ4v) is 2.02. The molecule has 0 spiro atoms. The molecule has 106 valence electrons. The molecule has 1 atom stereocenters. The van der Waals surface area contributed by atoms with Gasteiger partial charge in [-0.3, -0.25) is 11.3 Å². The van der Waals surface area contributed by atoms with Gasteiger partial charge in [-0.15, -0.1) is 0 Å². The molecule has 5 heteroatoms. The van der Waals surface area contributed by atoms with Crippen LogP contribution in [0.5, 0.6) is 11.6 Å². The summed E-state index contributed by atoms with van der Waals surface area (Å²) in [4.78, 5) is 4.20. The Hall–Kier alpha value is -2.11. The van der Waals surface area contributed by atoms with E-state index in [1.165, 1.54) is 0 Å². The molecule has 0 aliphatic rings. The van der Waals surface area contributed by atoms with Gasteiger partial charge in [0.05, 0.1) is 20.3 Å². The van der Waals surface area contributed by atoms with Crippen molar-refractivity contribution in [3.63, 3.8) is 0 Å². The van der Waals surface area contributed by atoms with Gasteiger partial charge in [0.2, 0.25) is 5.88 Å². The number of nitrogens with zero attached hydrogens (tertiary/aromatic N) is 1. The standard InChI is InChI=1S/C15H19N3O2/c1-19-13-5-3-4-12(9-13)14(18-16)8-11-6-7-15(20-2)17-10-11/h3-7,9-10,14,18H,8,16H2,1-2H3. The number of hydrazine groups is 1. The van der Waals surface area contributed by atoms with Crippen molar-refractivity contribution in [2.45, 2.75) is 12.5 Å². The lowest BCUT2D eigenvalue weighted by Gasteiger charge is -2.17. The minimum absolute atomic E-state index is 0.000273. The van der Waals surface area contributed by atoms with E-state index >= 15 is 0 Å². The minimum Gasteiger partial charge on any atom is -0.497 e. The molecule has 0 radical (unpaired) electrons. The maximum absolute atomic E-state index is 5.66. The van der Waals surface area contributed by atoms with Gasteiger partial charge < -0.3 is 9.47 Å². The Balaban J connectivity index is 2.14. The van der Waals surface area contributed by atoms with Crippen molar-refractivity contribution in [2.24, 2.45) is 5.84 Å². The number of benzene rings is 1. The molecule has 0 saturated carbocycles. The van der Waals surface area contributed by atoms with Crippen LogP contribution in [-0.2, 0) is 6.42 Å². The molecule has 0 bridgehead atoms. The van der Waals surface area contributed by atoms with Gasteiger partial charge in [-0.1, -0.05) is 18.2 Å². The molecule has 3 N–H and O–H groups in total. The van der Waals surface area contributed by atoms with E-state index in [2.05, 4.69) is 10.4 Å². The summed E-state index contributed by atoms with van der Waals surface area (Å²) < 4.78 is 10.3. The smallest absolute Gasteiger partial charge is 0.212 e. The zero-order valence-electron chi connectivity index (χ0n) is 11.7. The Morgan fingerprint density at radius 1 is 1.20 bits per heavy atom. The highest BCUT2D eigenvalue weighted by atomic mass is 16.5. The van der Waals surface area contributed by atoms with Crippen LogP contribution in [0.2, 0.25) is 0 Å². The van der Waals surface area contributed by atoms with Crippen molar-refractivity contribution < 1.29 is 9.47 Å². The van der Waals surface area contributed by atoms with Crippen LogP contribution < -0.4 is 20.7 Å². The number of nitrogens with one attached hydrogen (secondary N) is 1. The molecule has 0 saturated heterocycles. The maximum Gasteiger partial charge on any atom is 0.212 e. The summed E-state index contributed by atoms with van der Waals surface area (Å²) in [6.07, 6.45) is 2.53. The summed E-state index contributed by atoms with van der Waals surface area (Å²) in [5.41, 5.74) is 4.98. The summed E-state index contributed by atoms with van der Waals surface area (Å²) in [6, 6.07) is 11.7. The third-order valence-corrected chi connectivity index (χ3v) is 3.14. The first-order valence-corrected chi connectivity index (χ1v) is 6.36. The normalized spacial score (nSPS) is 11.9. The number of pyridine rings is 1. The van der Waals surface area contributed by atoms with Gasteiger partial charge in [0.15, 0.2) is 0 Å². The van der Waals surface area contributed by atoms with E-state index in [0.717, 1.165) is 23.3 Å². The molecule has 20 heavy (non-hydrogen) atoms. The lowest BCUT2D eigenvalue weighted by molar-refractivity contribution is 0.397. The second-order valence-electron chi connectivity index (χ2n) is 4.41. The zero-order chi connectivity index (χ0) is 14.4. The average molecular weight is 273 g/mol. The Labute approximate surface area is 118 Å². The number of hydrogen-bond donors (Lipinski definition) is 2. The highest BCUT2D eigenvalue weighted by Gasteiger charge is 2.11. The summed E-state index contributed by atoms with van der Waals surface area (Å²) in [7, 11) is 3.25. The van der Waals surface area contributed by atoms with Crippen molar-refractivity contribution >= 4 is 0 Å². The van der Waals surface area contributed by atoms with Gasteiger partial charge >= 0.3 is 0 Å². The fraction of sp³-hybridized carbons (Fsp3) is 0.267. The molecule has 2 aromatic rings. The van der Waals surface area contributed by atoms with Gasteiger partial charge in [-0.05, 0) is 29.7 Å². The fourth-order valence-electron chi connectivity index (χ4n) is 2.02. The van der Waals surface area contributed by atoms with Gasteiger partial charge in [-0.25, -0.2) is 4.98 Å². The third-order valence-electron chi connectivity index (χ3n) is 3.14. The minimum atomic E-state index is 0.000273. The number of ether oxygens (including phenoxy) is 2. The number of nitrogens with two attached hydrogens (primary N) is 1. The van der Waals surface area contributed by atoms with Crippen LogP contribution in [0, 0.1) is 0 Å². The molecule has 0 aliphatic carbocycles. The molecule has 1 heterocycles. The summed E-state index contributed by atoms with van der Waals surface area (Å²) >= 11 is 0. The Kier molecular flexibility index (Phi) is 4.92. The first-order chi connectivity index (χ1) is 9.76. The van der Waals surface area contributed by atoms with E-state index in [9.17, 15) is 0 Å². The quantitative estimate of drug-likeness (QED) is 0.621. The van der Waals surface area contributed by atoms with E-state index in [1.807, 2.05) is 36.4 Å². The van der Waals surface area contributed by atoms with Gasteiger partial charge in [-0.2, -0.15) is 0 Å². The first kappa shape index (κ1) is 14.3. The number of rotatable bonds is 6. The largest absolute Gasteiger partial charge is 0.497 e. The summed E-state index contributed by atoms with van der Waals surface area (Å²) in [6.45, 7) is 0. The van der Waals surface area contributed by atoms with E-state index in [-0.39, 0.29) is 6.04 Å². The second kappa shape index (κ2) is 6.88. The van der Waals surface area contributed by atoms with E-state index < -0.39 is 0 Å². The molecule has 5 nitrogen and oxygen atoms in total. The Morgan fingerprint density at radius 3 is 2.65 bits per heavy atom. The van der Waals surface area contributed by atoms with Crippen LogP contribution in [0.4, 0.5) is 0 Å². The molecular weight excluding hydrogens is 254 g/mol. The van der Waals surface area contributed by atoms with E-state index in [0.29, 0.717) is 5.88 Å². The van der Waals surface area contributed by atoms with Crippen LogP contribution >= 0.6 is 0 Å². The Bertz CT molecular complexity index is 543. The van der Waals surface area contributed by atoms with Crippen molar-refractivity contribution in [2.75, 3.05) is 14.2 Å². The molecule has 1 unspecified atom stereocenters. The van der Waals surface area contributed by atoms with Crippen molar-refractivity contribution in [3.05, 3.63) is 53.7 Å². The van der Waals surface area contributed by atoms with Crippen molar-refractivity contribution in [1.29, 1.82) is 0 Å². The summed E-state index contributed by atoms with van der Waals surface area (Å²) in [5.74, 6) is 7.08. The summed E-state index contributed by atoms with van der Waals surface area (Å²) in [5, 5.41) is 0. The highest BCUT2D eigenvalue weighted by molar-refractivity contribution is 5.31. The molecular formula is C15H19N3O2. The average Bonchev–Trinajstić information content (AvgIpc) is 2.53. The molecule has 0 amide bonds. The van der Waals surface area contributed by atoms with Crippen LogP contribution in [0.1, 0.15) is 17.2 Å². The number of aromatic nitrogens is 1. The molecule has 2 rings (SSSR count). The maximum atomic E-state index is 5.66. The van der Waals surface area contributed by atoms with Crippen LogP contribution in [-0.4, -0.2) is 19.2 Å². The highest BCUT2D eigenvalue weighted by Crippen LogP contribution is 2.22. The zero-order valence-corrected chi connectivity index (χ0v) is 11.7. The van der Waals surface area contributed by atoms with Crippen molar-refractivity contribution in [3.8, 4) is 11.6 Å². The monoisotopic (exact) mass is 273 g/mol. The predicted molar refractivity (Wildman–Crippen MR) is 77.6 cm³/mol. The van der Waals surface area contributed by atoms with Gasteiger partial charge in [0.1, 0.15) is 5.75 Å². The van der Waals surface area contributed by atoms with Crippen molar-refractivity contribution in [1.82, 2.24) is 10.4 Å². The lowest BCUT2D eigenvalue weighted by atomic mass is 10.0. The Morgan fingerprint density at radius 2 is 2.05 bits per heavy atom. The topological polar surface area (TPSA) is 69.4 Å². The number of hydrogen-bond acceptors (Lipinski definition) is 5. The van der Waals surface area contributed by atoms with Crippen LogP contribution in [0.15, 0.2) is 42.6 Å². The third kappa shape index (κ3) is 3.46. The first-order valence-electron chi connectivity index (χ1n) is 6.36. The number of methoxy groups -OCH3 is 2. The SMILES string of the molecule is COc1cccc(C(Cc2ccc(OC)nc2)NN)c1.